The number of benzene rings is 1. The quantitative estimate of drug-likeness (QED) is 0.902. The molecule has 1 aliphatic heterocycles. The number of hydrogen-bond acceptors (Lipinski definition) is 3. The zero-order chi connectivity index (χ0) is 12.4. The van der Waals surface area contributed by atoms with Crippen LogP contribution in [0.15, 0.2) is 36.5 Å². The summed E-state index contributed by atoms with van der Waals surface area (Å²) in [4.78, 5) is 4.44. The Labute approximate surface area is 109 Å². The number of fused-ring (bicyclic) bond motifs is 1. The highest BCUT2D eigenvalue weighted by Crippen LogP contribution is 2.19. The van der Waals surface area contributed by atoms with E-state index in [1.54, 1.807) is 0 Å². The molecule has 0 unspecified atom stereocenters. The molecule has 0 atom stereocenters. The lowest BCUT2D eigenvalue weighted by Crippen LogP contribution is -2.29. The minimum atomic E-state index is -0.597. The molecule has 2 heterocycles. The van der Waals surface area contributed by atoms with E-state index in [2.05, 4.69) is 22.4 Å². The number of para-hydroxylation sites is 1. The minimum absolute atomic E-state index is 0.436. The second-order valence-corrected chi connectivity index (χ2v) is 6.38. The van der Waals surface area contributed by atoms with Crippen LogP contribution in [0.1, 0.15) is 12.8 Å². The van der Waals surface area contributed by atoms with Gasteiger partial charge in [-0.3, -0.25) is 9.19 Å². The molecule has 0 bridgehead atoms. The largest absolute Gasteiger partial charge is 0.381 e. The van der Waals surface area contributed by atoms with Crippen LogP contribution in [0.3, 0.4) is 0 Å². The Kier molecular flexibility index (Phi) is 3.28. The number of nitrogens with one attached hydrogen (secondary N) is 1. The van der Waals surface area contributed by atoms with E-state index >= 15 is 0 Å². The molecule has 1 aromatic carbocycles. The average Bonchev–Trinajstić information content (AvgIpc) is 2.41. The van der Waals surface area contributed by atoms with Crippen LogP contribution in [-0.2, 0) is 10.8 Å². The van der Waals surface area contributed by atoms with Gasteiger partial charge in [0.25, 0.3) is 0 Å². The van der Waals surface area contributed by atoms with E-state index in [0.717, 1.165) is 40.9 Å². The van der Waals surface area contributed by atoms with Crippen LogP contribution in [0.4, 0.5) is 5.69 Å². The number of aromatic nitrogens is 1. The molecule has 0 spiro atoms. The lowest BCUT2D eigenvalue weighted by molar-refractivity contribution is 0.624. The first kappa shape index (κ1) is 11.7. The molecule has 2 aromatic rings. The van der Waals surface area contributed by atoms with Gasteiger partial charge in [0.1, 0.15) is 0 Å². The molecule has 3 rings (SSSR count). The molecule has 3 nitrogen and oxygen atoms in total. The van der Waals surface area contributed by atoms with E-state index < -0.39 is 10.8 Å². The van der Waals surface area contributed by atoms with Gasteiger partial charge in [-0.2, -0.15) is 0 Å². The molecule has 1 aliphatic rings. The highest BCUT2D eigenvalue weighted by Gasteiger charge is 2.17. The van der Waals surface area contributed by atoms with Gasteiger partial charge < -0.3 is 5.32 Å². The summed E-state index contributed by atoms with van der Waals surface area (Å²) in [6.07, 6.45) is 3.85. The zero-order valence-electron chi connectivity index (χ0n) is 10.1. The molecule has 0 saturated carbocycles. The topological polar surface area (TPSA) is 42.0 Å². The van der Waals surface area contributed by atoms with Gasteiger partial charge in [0.15, 0.2) is 0 Å². The van der Waals surface area contributed by atoms with Crippen molar-refractivity contribution in [1.29, 1.82) is 0 Å². The minimum Gasteiger partial charge on any atom is -0.381 e. The Morgan fingerprint density at radius 2 is 2.00 bits per heavy atom. The lowest BCUT2D eigenvalue weighted by Gasteiger charge is -2.23. The number of nitrogens with zero attached hydrogens (tertiary/aromatic N) is 1. The van der Waals surface area contributed by atoms with Crippen molar-refractivity contribution < 1.29 is 4.21 Å². The Balaban J connectivity index is 1.76. The second kappa shape index (κ2) is 5.06. The Bertz CT molecular complexity index is 575. The standard InChI is InChI=1S/C14H16N2OS/c17-18-7-5-12(6-8-18)16-13-9-11-3-1-2-4-14(11)15-10-13/h1-4,9-10,12,16H,5-8H2. The average molecular weight is 260 g/mol. The van der Waals surface area contributed by atoms with Crippen LogP contribution in [0.5, 0.6) is 0 Å². The van der Waals surface area contributed by atoms with Crippen molar-refractivity contribution in [1.82, 2.24) is 4.98 Å². The molecule has 0 radical (unpaired) electrons. The summed E-state index contributed by atoms with van der Waals surface area (Å²) < 4.78 is 11.3. The predicted molar refractivity (Wildman–Crippen MR) is 76.3 cm³/mol. The van der Waals surface area contributed by atoms with E-state index in [1.165, 1.54) is 0 Å². The van der Waals surface area contributed by atoms with Gasteiger partial charge in [-0.05, 0) is 25.0 Å². The summed E-state index contributed by atoms with van der Waals surface area (Å²) in [5.41, 5.74) is 2.08. The summed E-state index contributed by atoms with van der Waals surface area (Å²) >= 11 is 0. The van der Waals surface area contributed by atoms with E-state index in [4.69, 9.17) is 0 Å². The molecule has 1 fully saturated rings. The van der Waals surface area contributed by atoms with Crippen LogP contribution in [0.2, 0.25) is 0 Å². The second-order valence-electron chi connectivity index (χ2n) is 4.68. The first-order valence-corrected chi connectivity index (χ1v) is 7.76. The number of hydrogen-bond donors (Lipinski definition) is 1. The number of anilines is 1. The Morgan fingerprint density at radius 3 is 2.83 bits per heavy atom. The van der Waals surface area contributed by atoms with E-state index in [0.29, 0.717) is 6.04 Å². The summed E-state index contributed by atoms with van der Waals surface area (Å²) in [5.74, 6) is 1.64. The maximum absolute atomic E-state index is 11.3. The molecule has 0 aliphatic carbocycles. The summed E-state index contributed by atoms with van der Waals surface area (Å²) in [7, 11) is -0.597. The lowest BCUT2D eigenvalue weighted by atomic mass is 10.1. The molecule has 94 valence electrons. The summed E-state index contributed by atoms with van der Waals surface area (Å²) in [5, 5.41) is 4.65. The normalized spacial score (nSPS) is 24.0. The third kappa shape index (κ3) is 2.53. The van der Waals surface area contributed by atoms with Crippen LogP contribution in [0.25, 0.3) is 10.9 Å². The van der Waals surface area contributed by atoms with E-state index in [1.807, 2.05) is 24.4 Å². The molecule has 1 N–H and O–H groups in total. The zero-order valence-corrected chi connectivity index (χ0v) is 11.0. The number of pyridine rings is 1. The van der Waals surface area contributed by atoms with Crippen molar-refractivity contribution in [2.24, 2.45) is 0 Å². The van der Waals surface area contributed by atoms with Crippen molar-refractivity contribution >= 4 is 27.4 Å². The van der Waals surface area contributed by atoms with Crippen LogP contribution in [0, 0.1) is 0 Å². The van der Waals surface area contributed by atoms with E-state index in [-0.39, 0.29) is 0 Å². The fourth-order valence-corrected chi connectivity index (χ4v) is 3.62. The highest BCUT2D eigenvalue weighted by atomic mass is 32.2. The van der Waals surface area contributed by atoms with Gasteiger partial charge >= 0.3 is 0 Å². The first-order chi connectivity index (χ1) is 8.81. The molecule has 1 aromatic heterocycles. The van der Waals surface area contributed by atoms with Crippen molar-refractivity contribution in [2.75, 3.05) is 16.8 Å². The van der Waals surface area contributed by atoms with Gasteiger partial charge in [-0.25, -0.2) is 0 Å². The van der Waals surface area contributed by atoms with Crippen molar-refractivity contribution in [2.45, 2.75) is 18.9 Å². The maximum Gasteiger partial charge on any atom is 0.0703 e. The molecule has 1 saturated heterocycles. The summed E-state index contributed by atoms with van der Waals surface area (Å²) in [6, 6.07) is 10.7. The monoisotopic (exact) mass is 260 g/mol. The molecule has 4 heteroatoms. The van der Waals surface area contributed by atoms with Gasteiger partial charge in [0.05, 0.1) is 17.4 Å². The predicted octanol–water partition coefficient (Wildman–Crippen LogP) is 2.56. The molecular formula is C14H16N2OS. The van der Waals surface area contributed by atoms with E-state index in [9.17, 15) is 4.21 Å². The fourth-order valence-electron chi connectivity index (χ4n) is 2.32. The van der Waals surface area contributed by atoms with Crippen LogP contribution < -0.4 is 5.32 Å². The Morgan fingerprint density at radius 1 is 1.22 bits per heavy atom. The third-order valence-corrected chi connectivity index (χ3v) is 4.73. The Hall–Kier alpha value is -1.42. The van der Waals surface area contributed by atoms with Crippen molar-refractivity contribution in [3.8, 4) is 0 Å². The third-order valence-electron chi connectivity index (χ3n) is 3.35. The fraction of sp³-hybridized carbons (Fsp3) is 0.357. The highest BCUT2D eigenvalue weighted by molar-refractivity contribution is 7.85. The summed E-state index contributed by atoms with van der Waals surface area (Å²) in [6.45, 7) is 0. The first-order valence-electron chi connectivity index (χ1n) is 6.27. The SMILES string of the molecule is O=S1CCC(Nc2cnc3ccccc3c2)CC1. The molecule has 18 heavy (non-hydrogen) atoms. The smallest absolute Gasteiger partial charge is 0.0703 e. The van der Waals surface area contributed by atoms with Crippen molar-refractivity contribution in [3.63, 3.8) is 0 Å². The maximum atomic E-state index is 11.3. The van der Waals surface area contributed by atoms with Crippen molar-refractivity contribution in [3.05, 3.63) is 36.5 Å². The molecular weight excluding hydrogens is 244 g/mol. The van der Waals surface area contributed by atoms with Gasteiger partial charge in [-0.1, -0.05) is 18.2 Å². The number of rotatable bonds is 2. The van der Waals surface area contributed by atoms with Gasteiger partial charge in [0.2, 0.25) is 0 Å². The van der Waals surface area contributed by atoms with Gasteiger partial charge in [0, 0.05) is 33.7 Å². The van der Waals surface area contributed by atoms with Gasteiger partial charge in [-0.15, -0.1) is 0 Å². The molecule has 0 amide bonds. The van der Waals surface area contributed by atoms with Crippen LogP contribution >= 0.6 is 0 Å². The van der Waals surface area contributed by atoms with Crippen LogP contribution in [-0.4, -0.2) is 26.7 Å².